The Morgan fingerprint density at radius 2 is 2.10 bits per heavy atom. The lowest BCUT2D eigenvalue weighted by molar-refractivity contribution is -0.157. The van der Waals surface area contributed by atoms with Crippen molar-refractivity contribution >= 4 is 5.91 Å². The van der Waals surface area contributed by atoms with Crippen molar-refractivity contribution in [3.63, 3.8) is 0 Å². The highest BCUT2D eigenvalue weighted by atomic mass is 16.5. The van der Waals surface area contributed by atoms with Crippen LogP contribution in [0.15, 0.2) is 0 Å². The number of carbonyl (C=O) groups excluding carboxylic acids is 1. The Balaban J connectivity index is 1.62. The van der Waals surface area contributed by atoms with Crippen LogP contribution in [0, 0.1) is 5.41 Å². The molecule has 0 aromatic carbocycles. The number of hydrogen-bond acceptors (Lipinski definition) is 3. The highest BCUT2D eigenvalue weighted by molar-refractivity contribution is 5.82. The lowest BCUT2D eigenvalue weighted by Gasteiger charge is -2.57. The second-order valence-corrected chi connectivity index (χ2v) is 6.68. The summed E-state index contributed by atoms with van der Waals surface area (Å²) in [5.41, 5.74) is 0.239. The monoisotopic (exact) mass is 280 g/mol. The van der Waals surface area contributed by atoms with E-state index in [9.17, 15) is 4.79 Å². The van der Waals surface area contributed by atoms with E-state index in [4.69, 9.17) is 4.74 Å². The van der Waals surface area contributed by atoms with Gasteiger partial charge in [-0.2, -0.15) is 0 Å². The molecule has 114 valence electrons. The summed E-state index contributed by atoms with van der Waals surface area (Å²) in [6.45, 7) is 3.84. The summed E-state index contributed by atoms with van der Waals surface area (Å²) >= 11 is 0. The summed E-state index contributed by atoms with van der Waals surface area (Å²) in [7, 11) is 0. The molecule has 1 amide bonds. The molecule has 0 bridgehead atoms. The smallest absolute Gasteiger partial charge is 0.237 e. The highest BCUT2D eigenvalue weighted by Crippen LogP contribution is 2.53. The van der Waals surface area contributed by atoms with E-state index >= 15 is 0 Å². The van der Waals surface area contributed by atoms with E-state index in [0.717, 1.165) is 32.4 Å². The summed E-state index contributed by atoms with van der Waals surface area (Å²) < 4.78 is 5.94. The van der Waals surface area contributed by atoms with E-state index < -0.39 is 0 Å². The van der Waals surface area contributed by atoms with Crippen molar-refractivity contribution in [2.45, 2.75) is 76.5 Å². The molecule has 0 aromatic rings. The zero-order chi connectivity index (χ0) is 14.0. The fraction of sp³-hybridized carbons (Fsp3) is 0.938. The zero-order valence-corrected chi connectivity index (χ0v) is 12.6. The number of hydrogen-bond donors (Lipinski definition) is 2. The van der Waals surface area contributed by atoms with Gasteiger partial charge in [0.1, 0.15) is 0 Å². The summed E-state index contributed by atoms with van der Waals surface area (Å²) in [6, 6.07) is 0.385. The number of rotatable bonds is 4. The second kappa shape index (κ2) is 6.02. The molecular weight excluding hydrogens is 252 g/mol. The predicted octanol–water partition coefficient (Wildman–Crippen LogP) is 1.98. The first kappa shape index (κ1) is 14.3. The van der Waals surface area contributed by atoms with E-state index in [1.165, 1.54) is 32.1 Å². The van der Waals surface area contributed by atoms with Crippen molar-refractivity contribution in [3.8, 4) is 0 Å². The Bertz CT molecular complexity index is 346. The molecule has 1 aliphatic heterocycles. The first-order chi connectivity index (χ1) is 9.76. The van der Waals surface area contributed by atoms with Gasteiger partial charge in [0.15, 0.2) is 0 Å². The maximum absolute atomic E-state index is 12.3. The Morgan fingerprint density at radius 3 is 2.75 bits per heavy atom. The normalized spacial score (nSPS) is 35.8. The van der Waals surface area contributed by atoms with Crippen molar-refractivity contribution in [3.05, 3.63) is 0 Å². The Kier molecular flexibility index (Phi) is 4.32. The molecule has 2 N–H and O–H groups in total. The van der Waals surface area contributed by atoms with Crippen molar-refractivity contribution in [2.24, 2.45) is 5.41 Å². The average Bonchev–Trinajstić information content (AvgIpc) is 3.01. The van der Waals surface area contributed by atoms with Crippen LogP contribution in [0.25, 0.3) is 0 Å². The minimum absolute atomic E-state index is 0.0433. The van der Waals surface area contributed by atoms with Crippen LogP contribution >= 0.6 is 0 Å². The first-order valence-electron chi connectivity index (χ1n) is 8.41. The maximum atomic E-state index is 12.3. The van der Waals surface area contributed by atoms with Crippen LogP contribution in [-0.4, -0.2) is 37.2 Å². The molecule has 3 fully saturated rings. The molecule has 1 saturated heterocycles. The van der Waals surface area contributed by atoms with Gasteiger partial charge < -0.3 is 15.4 Å². The largest absolute Gasteiger partial charge is 0.378 e. The third-order valence-corrected chi connectivity index (χ3v) is 5.63. The van der Waals surface area contributed by atoms with Crippen molar-refractivity contribution in [2.75, 3.05) is 13.2 Å². The van der Waals surface area contributed by atoms with E-state index in [0.29, 0.717) is 12.1 Å². The maximum Gasteiger partial charge on any atom is 0.237 e. The van der Waals surface area contributed by atoms with Gasteiger partial charge in [0.2, 0.25) is 5.91 Å². The van der Waals surface area contributed by atoms with Gasteiger partial charge in [-0.25, -0.2) is 0 Å². The van der Waals surface area contributed by atoms with Crippen LogP contribution in [0.2, 0.25) is 0 Å². The molecule has 3 aliphatic rings. The van der Waals surface area contributed by atoms with E-state index in [1.54, 1.807) is 0 Å². The number of nitrogens with one attached hydrogen (secondary N) is 2. The first-order valence-corrected chi connectivity index (χ1v) is 8.41. The third kappa shape index (κ3) is 2.48. The third-order valence-electron chi connectivity index (χ3n) is 5.63. The van der Waals surface area contributed by atoms with Gasteiger partial charge in [-0.05, 0) is 45.6 Å². The molecule has 3 atom stereocenters. The van der Waals surface area contributed by atoms with E-state index in [1.807, 2.05) is 0 Å². The lowest BCUT2D eigenvalue weighted by Crippen LogP contribution is -2.66. The molecule has 3 unspecified atom stereocenters. The second-order valence-electron chi connectivity index (χ2n) is 6.68. The summed E-state index contributed by atoms with van der Waals surface area (Å²) in [4.78, 5) is 12.3. The summed E-state index contributed by atoms with van der Waals surface area (Å²) in [5.74, 6) is 0.215. The molecule has 1 heterocycles. The molecule has 0 radical (unpaired) electrons. The quantitative estimate of drug-likeness (QED) is 0.828. The summed E-state index contributed by atoms with van der Waals surface area (Å²) in [5, 5.41) is 6.62. The molecular formula is C16H28N2O2. The van der Waals surface area contributed by atoms with Crippen LogP contribution in [0.4, 0.5) is 0 Å². The predicted molar refractivity (Wildman–Crippen MR) is 78.5 cm³/mol. The molecule has 4 heteroatoms. The van der Waals surface area contributed by atoms with Crippen LogP contribution in [-0.2, 0) is 9.53 Å². The Morgan fingerprint density at radius 1 is 1.30 bits per heavy atom. The summed E-state index contributed by atoms with van der Waals surface area (Å²) in [6.07, 6.45) is 9.85. The van der Waals surface area contributed by atoms with Crippen molar-refractivity contribution in [1.29, 1.82) is 0 Å². The van der Waals surface area contributed by atoms with Crippen LogP contribution in [0.5, 0.6) is 0 Å². The van der Waals surface area contributed by atoms with Gasteiger partial charge in [0.05, 0.1) is 12.1 Å². The van der Waals surface area contributed by atoms with Crippen molar-refractivity contribution < 1.29 is 9.53 Å². The minimum atomic E-state index is 0.0433. The van der Waals surface area contributed by atoms with Crippen LogP contribution < -0.4 is 10.6 Å². The van der Waals surface area contributed by atoms with Gasteiger partial charge >= 0.3 is 0 Å². The zero-order valence-electron chi connectivity index (χ0n) is 12.6. The van der Waals surface area contributed by atoms with Gasteiger partial charge in [-0.15, -0.1) is 0 Å². The molecule has 20 heavy (non-hydrogen) atoms. The number of carbonyl (C=O) groups is 1. The van der Waals surface area contributed by atoms with Gasteiger partial charge in [0.25, 0.3) is 0 Å². The van der Waals surface area contributed by atoms with Gasteiger partial charge in [-0.1, -0.05) is 19.3 Å². The van der Waals surface area contributed by atoms with E-state index in [2.05, 4.69) is 17.6 Å². The van der Waals surface area contributed by atoms with Crippen LogP contribution in [0.1, 0.15) is 58.3 Å². The lowest BCUT2D eigenvalue weighted by atomic mass is 9.55. The Labute approximate surface area is 122 Å². The fourth-order valence-corrected chi connectivity index (χ4v) is 4.45. The van der Waals surface area contributed by atoms with Gasteiger partial charge in [0, 0.05) is 18.1 Å². The number of ether oxygens (including phenoxy) is 1. The van der Waals surface area contributed by atoms with E-state index in [-0.39, 0.29) is 17.4 Å². The van der Waals surface area contributed by atoms with Crippen LogP contribution in [0.3, 0.4) is 0 Å². The number of amides is 1. The average molecular weight is 280 g/mol. The highest BCUT2D eigenvalue weighted by Gasteiger charge is 2.56. The Hall–Kier alpha value is -0.610. The standard InChI is InChI=1S/C16H28N2O2/c1-2-20-14-11-13(16(14)8-4-3-5-9-16)18-15(19)12-7-6-10-17-12/h12-14,17H,2-11H2,1H3,(H,18,19). The van der Waals surface area contributed by atoms with Gasteiger partial charge in [-0.3, -0.25) is 4.79 Å². The van der Waals surface area contributed by atoms with Crippen molar-refractivity contribution in [1.82, 2.24) is 10.6 Å². The minimum Gasteiger partial charge on any atom is -0.378 e. The molecule has 4 nitrogen and oxygen atoms in total. The molecule has 2 saturated carbocycles. The molecule has 0 aromatic heterocycles. The molecule has 1 spiro atoms. The SMILES string of the molecule is CCOC1CC(NC(=O)C2CCCN2)C12CCCCC2. The molecule has 3 rings (SSSR count). The topological polar surface area (TPSA) is 50.4 Å². The molecule has 2 aliphatic carbocycles. The fourth-order valence-electron chi connectivity index (χ4n) is 4.45.